The lowest BCUT2D eigenvalue weighted by atomic mass is 10.1. The van der Waals surface area contributed by atoms with Crippen molar-refractivity contribution in [3.63, 3.8) is 0 Å². The second kappa shape index (κ2) is 2.39. The second-order valence-corrected chi connectivity index (χ2v) is 3.29. The van der Waals surface area contributed by atoms with E-state index in [9.17, 15) is 0 Å². The fraction of sp³-hybridized carbons (Fsp3) is 0.333. The van der Waals surface area contributed by atoms with Gasteiger partial charge in [0, 0.05) is 4.47 Å². The first-order valence-corrected chi connectivity index (χ1v) is 4.09. The van der Waals surface area contributed by atoms with Gasteiger partial charge in [-0.2, -0.15) is 0 Å². The fourth-order valence-electron chi connectivity index (χ4n) is 0.910. The number of hydrogen-bond acceptors (Lipinski definition) is 0. The zero-order valence-electron chi connectivity index (χ0n) is 9.37. The van der Waals surface area contributed by atoms with Crippen LogP contribution in [0, 0.1) is 0 Å². The van der Waals surface area contributed by atoms with Gasteiger partial charge in [-0.25, -0.2) is 0 Å². The third-order valence-corrected chi connectivity index (χ3v) is 2.00. The van der Waals surface area contributed by atoms with Crippen molar-refractivity contribution in [2.75, 3.05) is 0 Å². The Morgan fingerprint density at radius 3 is 3.00 bits per heavy atom. The third-order valence-electron chi connectivity index (χ3n) is 1.60. The molecule has 52 valence electrons. The lowest BCUT2D eigenvalue weighted by Gasteiger charge is -1.96. The van der Waals surface area contributed by atoms with E-state index in [-0.39, 0.29) is 30.1 Å². The molecule has 0 aliphatic heterocycles. The van der Waals surface area contributed by atoms with Gasteiger partial charge in [-0.3, -0.25) is 0 Å². The van der Waals surface area contributed by atoms with E-state index in [0.717, 1.165) is 12.8 Å². The van der Waals surface area contributed by atoms with Gasteiger partial charge in [0.05, 0.1) is 5.48 Å². The molecule has 1 aromatic rings. The van der Waals surface area contributed by atoms with Gasteiger partial charge in [-0.15, -0.1) is 0 Å². The Labute approximate surface area is 75.0 Å². The molecule has 1 heteroatoms. The first-order chi connectivity index (χ1) is 6.54. The zero-order chi connectivity index (χ0) is 10.5. The summed E-state index contributed by atoms with van der Waals surface area (Å²) in [6.45, 7) is 0. The Hall–Kier alpha value is -0.300. The smallest absolute Gasteiger partial charge is 0.0609 e. The second-order valence-electron chi connectivity index (χ2n) is 2.50. The minimum Gasteiger partial charge on any atom is -0.0609 e. The lowest BCUT2D eigenvalue weighted by Crippen LogP contribution is -1.76. The average Bonchev–Trinajstić information content (AvgIpc) is 2.96. The van der Waals surface area contributed by atoms with E-state index in [4.69, 9.17) is 5.48 Å². The van der Waals surface area contributed by atoms with Gasteiger partial charge in [-0.05, 0) is 36.4 Å². The zero-order valence-corrected chi connectivity index (χ0v) is 6.96. The van der Waals surface area contributed by atoms with Gasteiger partial charge in [0.15, 0.2) is 0 Å². The molecule has 0 aromatic heterocycles. The summed E-state index contributed by atoms with van der Waals surface area (Å²) >= 11 is 3.13. The summed E-state index contributed by atoms with van der Waals surface area (Å²) in [6, 6.07) is 0.156. The lowest BCUT2D eigenvalue weighted by molar-refractivity contribution is 1.13. The van der Waals surface area contributed by atoms with E-state index >= 15 is 0 Å². The van der Waals surface area contributed by atoms with Crippen LogP contribution < -0.4 is 0 Å². The highest BCUT2D eigenvalue weighted by Crippen LogP contribution is 2.40. The molecule has 1 aromatic carbocycles. The van der Waals surface area contributed by atoms with Gasteiger partial charge in [0.25, 0.3) is 0 Å². The summed E-state index contributed by atoms with van der Waals surface area (Å²) in [6.07, 6.45) is 2.00. The van der Waals surface area contributed by atoms with Crippen molar-refractivity contribution in [1.82, 2.24) is 0 Å². The van der Waals surface area contributed by atoms with Crippen molar-refractivity contribution in [3.8, 4) is 0 Å². The van der Waals surface area contributed by atoms with E-state index in [1.165, 1.54) is 0 Å². The first-order valence-electron chi connectivity index (χ1n) is 5.29. The van der Waals surface area contributed by atoms with E-state index in [2.05, 4.69) is 15.9 Å². The van der Waals surface area contributed by atoms with Crippen LogP contribution in [0.3, 0.4) is 0 Å². The maximum absolute atomic E-state index is 7.77. The topological polar surface area (TPSA) is 0 Å². The predicted octanol–water partition coefficient (Wildman–Crippen LogP) is 3.33. The van der Waals surface area contributed by atoms with Crippen molar-refractivity contribution < 1.29 is 5.48 Å². The highest BCUT2D eigenvalue weighted by Gasteiger charge is 2.22. The van der Waals surface area contributed by atoms with Crippen LogP contribution in [0.1, 0.15) is 29.8 Å². The highest BCUT2D eigenvalue weighted by atomic mass is 79.9. The van der Waals surface area contributed by atoms with E-state index < -0.39 is 0 Å². The SMILES string of the molecule is [2H]c1c([2H])c(Br)c([2H])c(C2CC2)c1[2H]. The summed E-state index contributed by atoms with van der Waals surface area (Å²) in [5.41, 5.74) is 0.637. The standard InChI is InChI=1S/C9H9Br/c10-9-3-1-2-8(6-9)7-4-5-7/h1-3,6-7H,4-5H2/i1D,2D,3D,6D. The molecule has 1 aliphatic carbocycles. The molecule has 1 fully saturated rings. The van der Waals surface area contributed by atoms with Crippen molar-refractivity contribution in [2.24, 2.45) is 0 Å². The van der Waals surface area contributed by atoms with Gasteiger partial charge in [0.1, 0.15) is 0 Å². The van der Waals surface area contributed by atoms with Crippen molar-refractivity contribution in [3.05, 3.63) is 34.2 Å². The molecule has 0 saturated heterocycles. The molecule has 0 amide bonds. The average molecular weight is 201 g/mol. The van der Waals surface area contributed by atoms with Crippen LogP contribution in [0.2, 0.25) is 0 Å². The van der Waals surface area contributed by atoms with Crippen LogP contribution in [0.15, 0.2) is 28.6 Å². The summed E-state index contributed by atoms with van der Waals surface area (Å²) in [5.74, 6) is 0.274. The summed E-state index contributed by atoms with van der Waals surface area (Å²) in [7, 11) is 0. The molecule has 1 saturated carbocycles. The van der Waals surface area contributed by atoms with Gasteiger partial charge < -0.3 is 0 Å². The molecule has 1 aliphatic rings. The van der Waals surface area contributed by atoms with E-state index in [1.54, 1.807) is 0 Å². The molecule has 0 atom stereocenters. The molecule has 0 unspecified atom stereocenters. The van der Waals surface area contributed by atoms with Crippen LogP contribution in [-0.4, -0.2) is 0 Å². The quantitative estimate of drug-likeness (QED) is 0.653. The van der Waals surface area contributed by atoms with E-state index in [1.807, 2.05) is 0 Å². The molecular formula is C9H9Br. The van der Waals surface area contributed by atoms with Crippen LogP contribution in [0.4, 0.5) is 0 Å². The van der Waals surface area contributed by atoms with Crippen LogP contribution in [-0.2, 0) is 0 Å². The first kappa shape index (κ1) is 3.40. The maximum Gasteiger partial charge on any atom is 0.0638 e. The number of hydrogen-bond donors (Lipinski definition) is 0. The Morgan fingerprint density at radius 2 is 2.30 bits per heavy atom. The van der Waals surface area contributed by atoms with Crippen LogP contribution >= 0.6 is 15.9 Å². The molecule has 0 nitrogen and oxygen atoms in total. The normalized spacial score (nSPS) is 22.9. The summed E-state index contributed by atoms with van der Waals surface area (Å²) in [5, 5.41) is 0. The summed E-state index contributed by atoms with van der Waals surface area (Å²) < 4.78 is 30.9. The van der Waals surface area contributed by atoms with Crippen molar-refractivity contribution in [2.45, 2.75) is 18.8 Å². The predicted molar refractivity (Wildman–Crippen MR) is 46.1 cm³/mol. The highest BCUT2D eigenvalue weighted by molar-refractivity contribution is 9.10. The minimum atomic E-state index is -0.0743. The Bertz CT molecular complexity index is 369. The molecule has 0 N–H and O–H groups in total. The fourth-order valence-corrected chi connectivity index (χ4v) is 1.22. The van der Waals surface area contributed by atoms with Crippen molar-refractivity contribution >= 4 is 15.9 Å². The van der Waals surface area contributed by atoms with Crippen LogP contribution in [0.5, 0.6) is 0 Å². The third kappa shape index (κ3) is 1.24. The molecule has 2 rings (SSSR count). The monoisotopic (exact) mass is 200 g/mol. The van der Waals surface area contributed by atoms with E-state index in [0.29, 0.717) is 10.0 Å². The number of rotatable bonds is 1. The largest absolute Gasteiger partial charge is 0.0638 e. The molecule has 0 heterocycles. The Morgan fingerprint density at radius 1 is 1.50 bits per heavy atom. The molecule has 0 spiro atoms. The Balaban J connectivity index is 2.69. The summed E-state index contributed by atoms with van der Waals surface area (Å²) in [4.78, 5) is 0. The number of benzene rings is 1. The van der Waals surface area contributed by atoms with Crippen molar-refractivity contribution in [1.29, 1.82) is 0 Å². The van der Waals surface area contributed by atoms with Gasteiger partial charge in [0.2, 0.25) is 0 Å². The molecule has 10 heavy (non-hydrogen) atoms. The van der Waals surface area contributed by atoms with Crippen LogP contribution in [0.25, 0.3) is 0 Å². The molecule has 0 radical (unpaired) electrons. The maximum atomic E-state index is 7.77. The minimum absolute atomic E-state index is 0.0515. The Kier molecular flexibility index (Phi) is 0.811. The number of halogens is 1. The van der Waals surface area contributed by atoms with Gasteiger partial charge >= 0.3 is 0 Å². The molecule has 0 bridgehead atoms. The van der Waals surface area contributed by atoms with Gasteiger partial charge in [-0.1, -0.05) is 28.0 Å². The molecular weight excluding hydrogens is 188 g/mol.